The number of rotatable bonds is 5. The molecule has 0 aliphatic carbocycles. The van der Waals surface area contributed by atoms with E-state index in [-0.39, 0.29) is 17.9 Å². The summed E-state index contributed by atoms with van der Waals surface area (Å²) >= 11 is 3.39. The molecule has 2 unspecified atom stereocenters. The Morgan fingerprint density at radius 3 is 2.68 bits per heavy atom. The Kier molecular flexibility index (Phi) is 6.27. The first kappa shape index (κ1) is 20.6. The quantitative estimate of drug-likeness (QED) is 0.745. The van der Waals surface area contributed by atoms with Crippen LogP contribution in [0, 0.1) is 5.92 Å². The number of oxime groups is 1. The Balaban J connectivity index is 1.67. The second-order valence-electron chi connectivity index (χ2n) is 8.13. The molecule has 0 bridgehead atoms. The number of likely N-dealkylation sites (tertiary alicyclic amines) is 1. The average Bonchev–Trinajstić information content (AvgIpc) is 3.19. The summed E-state index contributed by atoms with van der Waals surface area (Å²) in [6.45, 7) is 6.36. The number of halogens is 1. The van der Waals surface area contributed by atoms with E-state index in [1.165, 1.54) is 0 Å². The van der Waals surface area contributed by atoms with Crippen LogP contribution in [0.5, 0.6) is 0 Å². The van der Waals surface area contributed by atoms with E-state index in [1.54, 1.807) is 25.7 Å². The van der Waals surface area contributed by atoms with Gasteiger partial charge in [-0.2, -0.15) is 0 Å². The van der Waals surface area contributed by atoms with Crippen molar-refractivity contribution in [1.82, 2.24) is 10.2 Å². The zero-order valence-corrected chi connectivity index (χ0v) is 17.9. The summed E-state index contributed by atoms with van der Waals surface area (Å²) in [5.74, 6) is -0.0691. The SMILES string of the molecule is CC(C)(C)OC(=O)N[C@@H](CCc1ccccc1)C(=O)N1CC2ON=C(Br)C2C1. The van der Waals surface area contributed by atoms with Gasteiger partial charge in [0.05, 0.1) is 12.5 Å². The number of aryl methyl sites for hydroxylation is 1. The topological polar surface area (TPSA) is 80.2 Å². The Morgan fingerprint density at radius 2 is 2.04 bits per heavy atom. The third kappa shape index (κ3) is 5.25. The molecule has 1 aromatic rings. The van der Waals surface area contributed by atoms with Gasteiger partial charge in [-0.1, -0.05) is 35.5 Å². The number of fused-ring (bicyclic) bond motifs is 1. The van der Waals surface area contributed by atoms with E-state index in [0.717, 1.165) is 10.2 Å². The normalized spacial score (nSPS) is 22.1. The van der Waals surface area contributed by atoms with Crippen LogP contribution >= 0.6 is 15.9 Å². The minimum Gasteiger partial charge on any atom is -0.444 e. The molecule has 152 valence electrons. The highest BCUT2D eigenvalue weighted by Crippen LogP contribution is 2.30. The molecule has 1 aromatic carbocycles. The summed E-state index contributed by atoms with van der Waals surface area (Å²) in [5.41, 5.74) is 0.486. The van der Waals surface area contributed by atoms with Gasteiger partial charge in [-0.05, 0) is 55.1 Å². The monoisotopic (exact) mass is 451 g/mol. The minimum absolute atomic E-state index is 0.0558. The van der Waals surface area contributed by atoms with Crippen LogP contribution < -0.4 is 5.32 Å². The van der Waals surface area contributed by atoms with Gasteiger partial charge in [0.2, 0.25) is 5.91 Å². The third-order valence-electron chi connectivity index (χ3n) is 4.71. The number of benzene rings is 1. The fraction of sp³-hybridized carbons (Fsp3) is 0.550. The Labute approximate surface area is 173 Å². The molecule has 2 heterocycles. The molecule has 1 fully saturated rings. The second kappa shape index (κ2) is 8.51. The molecule has 8 heteroatoms. The summed E-state index contributed by atoms with van der Waals surface area (Å²) in [6, 6.07) is 9.23. The number of hydrogen-bond acceptors (Lipinski definition) is 5. The van der Waals surface area contributed by atoms with Gasteiger partial charge in [0.25, 0.3) is 0 Å². The number of ether oxygens (including phenoxy) is 1. The van der Waals surface area contributed by atoms with Crippen molar-refractivity contribution in [3.05, 3.63) is 35.9 Å². The Morgan fingerprint density at radius 1 is 1.32 bits per heavy atom. The lowest BCUT2D eigenvalue weighted by atomic mass is 10.0. The van der Waals surface area contributed by atoms with E-state index < -0.39 is 17.7 Å². The van der Waals surface area contributed by atoms with Crippen LogP contribution in [-0.4, -0.2) is 52.4 Å². The predicted octanol–water partition coefficient (Wildman–Crippen LogP) is 3.08. The molecule has 2 aliphatic heterocycles. The van der Waals surface area contributed by atoms with Crippen LogP contribution in [0.2, 0.25) is 0 Å². The number of nitrogens with zero attached hydrogens (tertiary/aromatic N) is 2. The number of nitrogens with one attached hydrogen (secondary N) is 1. The largest absolute Gasteiger partial charge is 0.444 e. The molecule has 2 amide bonds. The van der Waals surface area contributed by atoms with Crippen LogP contribution in [-0.2, 0) is 20.8 Å². The fourth-order valence-corrected chi connectivity index (χ4v) is 3.88. The number of amides is 2. The van der Waals surface area contributed by atoms with Crippen LogP contribution in [0.15, 0.2) is 35.5 Å². The fourth-order valence-electron chi connectivity index (χ4n) is 3.36. The smallest absolute Gasteiger partial charge is 0.408 e. The summed E-state index contributed by atoms with van der Waals surface area (Å²) in [4.78, 5) is 32.5. The van der Waals surface area contributed by atoms with Gasteiger partial charge in [0, 0.05) is 6.54 Å². The summed E-state index contributed by atoms with van der Waals surface area (Å²) in [7, 11) is 0. The van der Waals surface area contributed by atoms with Crippen molar-refractivity contribution in [3.63, 3.8) is 0 Å². The van der Waals surface area contributed by atoms with E-state index in [0.29, 0.717) is 25.9 Å². The zero-order valence-electron chi connectivity index (χ0n) is 16.4. The maximum absolute atomic E-state index is 13.2. The molecule has 1 N–H and O–H groups in total. The van der Waals surface area contributed by atoms with Crippen molar-refractivity contribution < 1.29 is 19.2 Å². The first-order valence-corrected chi connectivity index (χ1v) is 10.2. The van der Waals surface area contributed by atoms with Crippen LogP contribution in [0.1, 0.15) is 32.8 Å². The lowest BCUT2D eigenvalue weighted by molar-refractivity contribution is -0.133. The molecule has 7 nitrogen and oxygen atoms in total. The van der Waals surface area contributed by atoms with Crippen LogP contribution in [0.3, 0.4) is 0 Å². The number of carbonyl (C=O) groups is 2. The number of alkyl carbamates (subject to hydrolysis) is 1. The van der Waals surface area contributed by atoms with Gasteiger partial charge < -0.3 is 19.8 Å². The predicted molar refractivity (Wildman–Crippen MR) is 109 cm³/mol. The van der Waals surface area contributed by atoms with Crippen LogP contribution in [0.4, 0.5) is 4.79 Å². The molecule has 0 radical (unpaired) electrons. The van der Waals surface area contributed by atoms with Crippen molar-refractivity contribution in [2.75, 3.05) is 13.1 Å². The van der Waals surface area contributed by atoms with Crippen molar-refractivity contribution in [2.24, 2.45) is 11.1 Å². The number of carbonyl (C=O) groups excluding carboxylic acids is 2. The van der Waals surface area contributed by atoms with Crippen molar-refractivity contribution in [2.45, 2.75) is 51.4 Å². The average molecular weight is 452 g/mol. The summed E-state index contributed by atoms with van der Waals surface area (Å²) in [5, 5.41) is 6.69. The highest BCUT2D eigenvalue weighted by atomic mass is 79.9. The van der Waals surface area contributed by atoms with Gasteiger partial charge in [-0.25, -0.2) is 4.79 Å². The molecule has 0 aromatic heterocycles. The molecule has 2 aliphatic rings. The Hall–Kier alpha value is -2.09. The van der Waals surface area contributed by atoms with E-state index in [9.17, 15) is 9.59 Å². The Bertz CT molecular complexity index is 748. The molecule has 1 saturated heterocycles. The highest BCUT2D eigenvalue weighted by Gasteiger charge is 2.44. The van der Waals surface area contributed by atoms with Crippen LogP contribution in [0.25, 0.3) is 0 Å². The molecule has 3 atom stereocenters. The van der Waals surface area contributed by atoms with E-state index >= 15 is 0 Å². The molecule has 3 rings (SSSR count). The standard InChI is InChI=1S/C20H26BrN3O4/c1-20(2,3)27-19(26)22-15(10-9-13-7-5-4-6-8-13)18(25)24-11-14-16(12-24)28-23-17(14)21/h4-8,14-16H,9-12H2,1-3H3,(H,22,26)/t14?,15-,16?/m0/s1. The van der Waals surface area contributed by atoms with E-state index in [4.69, 9.17) is 9.57 Å². The zero-order chi connectivity index (χ0) is 20.3. The van der Waals surface area contributed by atoms with Crippen molar-refractivity contribution in [1.29, 1.82) is 0 Å². The van der Waals surface area contributed by atoms with Gasteiger partial charge in [0.15, 0.2) is 6.10 Å². The van der Waals surface area contributed by atoms with E-state index in [2.05, 4.69) is 26.4 Å². The van der Waals surface area contributed by atoms with Gasteiger partial charge in [0.1, 0.15) is 16.3 Å². The first-order chi connectivity index (χ1) is 13.2. The van der Waals surface area contributed by atoms with Gasteiger partial charge in [-0.3, -0.25) is 4.79 Å². The molecule has 0 saturated carbocycles. The summed E-state index contributed by atoms with van der Waals surface area (Å²) < 4.78 is 6.08. The maximum Gasteiger partial charge on any atom is 0.408 e. The lowest BCUT2D eigenvalue weighted by Crippen LogP contribution is -2.49. The number of hydrogen-bond donors (Lipinski definition) is 1. The van der Waals surface area contributed by atoms with Crippen molar-refractivity contribution >= 4 is 32.6 Å². The maximum atomic E-state index is 13.2. The van der Waals surface area contributed by atoms with Gasteiger partial charge >= 0.3 is 6.09 Å². The first-order valence-electron chi connectivity index (χ1n) is 9.44. The lowest BCUT2D eigenvalue weighted by Gasteiger charge is -2.26. The third-order valence-corrected chi connectivity index (χ3v) is 5.45. The summed E-state index contributed by atoms with van der Waals surface area (Å²) in [6.07, 6.45) is 0.450. The molecule has 28 heavy (non-hydrogen) atoms. The minimum atomic E-state index is -0.662. The highest BCUT2D eigenvalue weighted by molar-refractivity contribution is 9.18. The molecular formula is C20H26BrN3O4. The molecule has 0 spiro atoms. The van der Waals surface area contributed by atoms with Gasteiger partial charge in [-0.15, -0.1) is 0 Å². The van der Waals surface area contributed by atoms with Crippen molar-refractivity contribution in [3.8, 4) is 0 Å². The molecular weight excluding hydrogens is 426 g/mol. The van der Waals surface area contributed by atoms with E-state index in [1.807, 2.05) is 30.3 Å². The second-order valence-corrected chi connectivity index (χ2v) is 8.94.